The lowest BCUT2D eigenvalue weighted by Crippen LogP contribution is -2.59. The second-order valence-electron chi connectivity index (χ2n) is 11.2. The number of Topliss-reactive ketones (excluding diaryl/α,β-unsaturated/α-hetero) is 1. The fourth-order valence-corrected chi connectivity index (χ4v) is 7.77. The molecule has 7 rings (SSSR count). The van der Waals surface area contributed by atoms with Gasteiger partial charge in [-0.05, 0) is 77.9 Å². The van der Waals surface area contributed by atoms with Crippen LogP contribution < -0.4 is 10.6 Å². The molecule has 2 fully saturated rings. The molecule has 0 bridgehead atoms. The number of carbonyl (C=O) groups is 2. The smallest absolute Gasteiger partial charge is 0.250 e. The first-order valence-corrected chi connectivity index (χ1v) is 14.7. The molecular weight excluding hydrogens is 551 g/mol. The normalized spacial score (nSPS) is 27.9. The Labute approximate surface area is 249 Å². The van der Waals surface area contributed by atoms with Crippen molar-refractivity contribution < 1.29 is 9.59 Å². The summed E-state index contributed by atoms with van der Waals surface area (Å²) >= 11 is 12.5. The molecule has 4 atom stereocenters. The Morgan fingerprint density at radius 3 is 2.15 bits per heavy atom. The number of benzene rings is 4. The maximum Gasteiger partial charge on any atom is 0.250 e. The van der Waals surface area contributed by atoms with Crippen LogP contribution in [-0.2, 0) is 15.1 Å². The van der Waals surface area contributed by atoms with Gasteiger partial charge in [-0.1, -0.05) is 96.0 Å². The van der Waals surface area contributed by atoms with Crippen LogP contribution in [0.3, 0.4) is 0 Å². The summed E-state index contributed by atoms with van der Waals surface area (Å²) in [5.41, 5.74) is 2.87. The third-order valence-electron chi connectivity index (χ3n) is 9.14. The van der Waals surface area contributed by atoms with Crippen LogP contribution in [0.1, 0.15) is 53.5 Å². The minimum Gasteiger partial charge on any atom is -0.324 e. The molecule has 1 amide bonds. The van der Waals surface area contributed by atoms with Gasteiger partial charge in [0, 0.05) is 33.3 Å². The van der Waals surface area contributed by atoms with Crippen LogP contribution in [0, 0.1) is 5.41 Å². The summed E-state index contributed by atoms with van der Waals surface area (Å²) in [4.78, 5) is 29.6. The van der Waals surface area contributed by atoms with Crippen molar-refractivity contribution in [1.82, 2.24) is 5.32 Å². The lowest BCUT2D eigenvalue weighted by atomic mass is 9.52. The molecule has 2 N–H and O–H groups in total. The Kier molecular flexibility index (Phi) is 6.39. The number of rotatable bonds is 3. The van der Waals surface area contributed by atoms with Crippen LogP contribution in [0.2, 0.25) is 10.0 Å². The number of allylic oxidation sites excluding steroid dienone is 1. The highest BCUT2D eigenvalue weighted by molar-refractivity contribution is 6.30. The zero-order chi connectivity index (χ0) is 28.2. The highest BCUT2D eigenvalue weighted by Crippen LogP contribution is 2.67. The Morgan fingerprint density at radius 2 is 1.41 bits per heavy atom. The molecule has 3 aliphatic rings. The number of fused-ring (bicyclic) bond motifs is 3. The molecule has 6 heteroatoms. The molecule has 2 spiro atoms. The summed E-state index contributed by atoms with van der Waals surface area (Å²) in [5, 5.41) is 8.23. The lowest BCUT2D eigenvalue weighted by molar-refractivity contribution is -0.140. The minimum atomic E-state index is -1.26. The molecule has 4 nitrogen and oxygen atoms in total. The molecule has 0 aromatic heterocycles. The average Bonchev–Trinajstić information content (AvgIpc) is 3.46. The van der Waals surface area contributed by atoms with Gasteiger partial charge >= 0.3 is 0 Å². The number of ketones is 1. The summed E-state index contributed by atoms with van der Waals surface area (Å²) in [5.74, 6) is -0.505. The Balaban J connectivity index is 1.51. The first-order chi connectivity index (χ1) is 19.9. The quantitative estimate of drug-likeness (QED) is 0.241. The molecule has 41 heavy (non-hydrogen) atoms. The molecule has 4 aromatic carbocycles. The molecule has 1 saturated carbocycles. The van der Waals surface area contributed by atoms with Crippen LogP contribution in [0.4, 0.5) is 5.69 Å². The molecule has 2 heterocycles. The molecule has 1 aliphatic carbocycles. The van der Waals surface area contributed by atoms with Gasteiger partial charge in [-0.25, -0.2) is 0 Å². The number of anilines is 1. The van der Waals surface area contributed by atoms with Crippen LogP contribution in [0.5, 0.6) is 0 Å². The van der Waals surface area contributed by atoms with E-state index in [1.807, 2.05) is 97.1 Å². The fourth-order valence-electron chi connectivity index (χ4n) is 7.51. The predicted molar refractivity (Wildman–Crippen MR) is 164 cm³/mol. The van der Waals surface area contributed by atoms with E-state index in [4.69, 9.17) is 23.2 Å². The van der Waals surface area contributed by atoms with Gasteiger partial charge in [-0.15, -0.1) is 0 Å². The van der Waals surface area contributed by atoms with E-state index in [0.29, 0.717) is 22.9 Å². The Morgan fingerprint density at radius 1 is 0.756 bits per heavy atom. The highest BCUT2D eigenvalue weighted by Gasteiger charge is 2.74. The van der Waals surface area contributed by atoms with Crippen molar-refractivity contribution in [2.75, 3.05) is 5.32 Å². The maximum absolute atomic E-state index is 15.2. The number of amides is 1. The number of hydrogen-bond donors (Lipinski definition) is 2. The van der Waals surface area contributed by atoms with Gasteiger partial charge in [-0.2, -0.15) is 0 Å². The summed E-state index contributed by atoms with van der Waals surface area (Å²) < 4.78 is 0. The highest BCUT2D eigenvalue weighted by atomic mass is 35.5. The van der Waals surface area contributed by atoms with Gasteiger partial charge in [0.2, 0.25) is 5.91 Å². The van der Waals surface area contributed by atoms with Gasteiger partial charge < -0.3 is 5.32 Å². The van der Waals surface area contributed by atoms with Gasteiger partial charge in [0.05, 0.1) is 5.41 Å². The fraction of sp³-hybridized carbons (Fsp3) is 0.200. The second kappa shape index (κ2) is 9.99. The van der Waals surface area contributed by atoms with Crippen LogP contribution in [0.25, 0.3) is 6.08 Å². The maximum atomic E-state index is 15.2. The number of halogens is 2. The zero-order valence-corrected chi connectivity index (χ0v) is 23.8. The van der Waals surface area contributed by atoms with E-state index in [2.05, 4.69) is 22.8 Å². The Bertz CT molecular complexity index is 1680. The van der Waals surface area contributed by atoms with E-state index >= 15 is 4.79 Å². The number of hydrogen-bond acceptors (Lipinski definition) is 3. The summed E-state index contributed by atoms with van der Waals surface area (Å²) in [7, 11) is 0. The Hall–Kier alpha value is -3.70. The van der Waals surface area contributed by atoms with Gasteiger partial charge in [0.15, 0.2) is 5.78 Å². The number of carbonyl (C=O) groups excluding carboxylic acids is 2. The van der Waals surface area contributed by atoms with Crippen LogP contribution >= 0.6 is 23.2 Å². The van der Waals surface area contributed by atoms with E-state index in [-0.39, 0.29) is 23.7 Å². The van der Waals surface area contributed by atoms with Gasteiger partial charge in [0.25, 0.3) is 0 Å². The van der Waals surface area contributed by atoms with E-state index in [0.717, 1.165) is 39.9 Å². The summed E-state index contributed by atoms with van der Waals surface area (Å²) in [6.07, 6.45) is 3.96. The summed E-state index contributed by atoms with van der Waals surface area (Å²) in [6, 6.07) is 32.9. The van der Waals surface area contributed by atoms with E-state index in [9.17, 15) is 4.79 Å². The molecule has 0 unspecified atom stereocenters. The van der Waals surface area contributed by atoms with Crippen molar-refractivity contribution in [2.24, 2.45) is 5.41 Å². The third kappa shape index (κ3) is 3.93. The lowest BCUT2D eigenvalue weighted by Gasteiger charge is -2.47. The van der Waals surface area contributed by atoms with Crippen molar-refractivity contribution in [3.05, 3.63) is 141 Å². The van der Waals surface area contributed by atoms with E-state index < -0.39 is 11.0 Å². The van der Waals surface area contributed by atoms with Crippen molar-refractivity contribution in [2.45, 2.75) is 36.8 Å². The molecule has 1 saturated heterocycles. The summed E-state index contributed by atoms with van der Waals surface area (Å²) in [6.45, 7) is 0. The number of para-hydroxylation sites is 1. The average molecular weight is 580 g/mol. The molecular formula is C35H28Cl2N2O2. The predicted octanol–water partition coefficient (Wildman–Crippen LogP) is 8.09. The van der Waals surface area contributed by atoms with Crippen LogP contribution in [0.15, 0.2) is 109 Å². The third-order valence-corrected chi connectivity index (χ3v) is 9.64. The molecule has 0 radical (unpaired) electrons. The van der Waals surface area contributed by atoms with Gasteiger partial charge in [-0.3, -0.25) is 14.9 Å². The van der Waals surface area contributed by atoms with Crippen molar-refractivity contribution >= 4 is 46.7 Å². The first kappa shape index (κ1) is 26.2. The number of nitrogens with one attached hydrogen (secondary N) is 2. The largest absolute Gasteiger partial charge is 0.324 e. The standard InChI is InChI=1S/C35H28Cl2N2O2/c36-26-16-12-22(13-17-26)21-25-9-6-20-34(32(25)40)30(23-14-18-27(37)19-15-23)31(24-7-2-1-3-8-24)39-35(34)28-10-4-5-11-29(28)38-33(35)41/h1-5,7-8,10-19,21,30-31,39H,6,9,20H2,(H,38,41)/b25-21-/t30-,31+,34-,35+/m1/s1. The van der Waals surface area contributed by atoms with Crippen molar-refractivity contribution in [1.29, 1.82) is 0 Å². The SMILES string of the molecule is O=C1Nc2ccccc2[C@]12N[C@@H](c1ccccc1)[C@@H](c1ccc(Cl)cc1)[C@@]21CCC/C(=C/c2ccc(Cl)cc2)C1=O. The second-order valence-corrected chi connectivity index (χ2v) is 12.1. The van der Waals surface area contributed by atoms with E-state index in [1.54, 1.807) is 0 Å². The zero-order valence-electron chi connectivity index (χ0n) is 22.2. The molecule has 4 aromatic rings. The van der Waals surface area contributed by atoms with Crippen LogP contribution in [-0.4, -0.2) is 11.7 Å². The molecule has 204 valence electrons. The first-order valence-electron chi connectivity index (χ1n) is 13.9. The minimum absolute atomic E-state index is 0.0106. The van der Waals surface area contributed by atoms with Gasteiger partial charge in [0.1, 0.15) is 5.54 Å². The van der Waals surface area contributed by atoms with E-state index in [1.165, 1.54) is 0 Å². The van der Waals surface area contributed by atoms with Crippen molar-refractivity contribution in [3.8, 4) is 0 Å². The molecule has 2 aliphatic heterocycles. The van der Waals surface area contributed by atoms with Crippen molar-refractivity contribution in [3.63, 3.8) is 0 Å². The monoisotopic (exact) mass is 578 g/mol. The topological polar surface area (TPSA) is 58.2 Å².